The van der Waals surface area contributed by atoms with Crippen LogP contribution in [0.25, 0.3) is 11.3 Å². The van der Waals surface area contributed by atoms with Crippen LogP contribution in [-0.2, 0) is 4.74 Å². The van der Waals surface area contributed by atoms with Gasteiger partial charge in [-0.25, -0.2) is 0 Å². The van der Waals surface area contributed by atoms with E-state index in [9.17, 15) is 4.79 Å². The number of hydrogen-bond donors (Lipinski definition) is 0. The van der Waals surface area contributed by atoms with Crippen molar-refractivity contribution < 1.29 is 9.53 Å². The normalized spacial score (nSPS) is 15.0. The van der Waals surface area contributed by atoms with E-state index >= 15 is 0 Å². The van der Waals surface area contributed by atoms with E-state index in [1.165, 1.54) is 0 Å². The van der Waals surface area contributed by atoms with Crippen molar-refractivity contribution in [1.82, 2.24) is 15.1 Å². The molecule has 5 nitrogen and oxygen atoms in total. The number of amides is 1. The molecule has 0 bridgehead atoms. The predicted molar refractivity (Wildman–Crippen MR) is 81.9 cm³/mol. The van der Waals surface area contributed by atoms with Crippen LogP contribution in [0.1, 0.15) is 10.5 Å². The summed E-state index contributed by atoms with van der Waals surface area (Å²) in [7, 11) is 0. The third-order valence-electron chi connectivity index (χ3n) is 3.32. The van der Waals surface area contributed by atoms with Gasteiger partial charge in [-0.3, -0.25) is 4.79 Å². The highest BCUT2D eigenvalue weighted by Gasteiger charge is 2.19. The summed E-state index contributed by atoms with van der Waals surface area (Å²) in [5.74, 6) is -0.0897. The zero-order chi connectivity index (χ0) is 14.7. The van der Waals surface area contributed by atoms with Crippen molar-refractivity contribution in [1.29, 1.82) is 0 Å². The first kappa shape index (κ1) is 14.2. The van der Waals surface area contributed by atoms with Crippen molar-refractivity contribution in [2.45, 2.75) is 0 Å². The number of nitrogens with zero attached hydrogens (tertiary/aromatic N) is 3. The molecule has 1 aliphatic rings. The molecule has 0 saturated carbocycles. The molecule has 0 atom stereocenters. The van der Waals surface area contributed by atoms with Crippen LogP contribution >= 0.6 is 15.9 Å². The zero-order valence-corrected chi connectivity index (χ0v) is 12.9. The summed E-state index contributed by atoms with van der Waals surface area (Å²) in [6.45, 7) is 2.37. The molecular weight excluding hydrogens is 334 g/mol. The summed E-state index contributed by atoms with van der Waals surface area (Å²) in [5, 5.41) is 8.21. The summed E-state index contributed by atoms with van der Waals surface area (Å²) in [4.78, 5) is 14.0. The number of carbonyl (C=O) groups is 1. The Hall–Kier alpha value is -1.79. The predicted octanol–water partition coefficient (Wildman–Crippen LogP) is 2.38. The minimum atomic E-state index is -0.0897. The maximum absolute atomic E-state index is 12.3. The molecule has 1 amide bonds. The molecule has 6 heteroatoms. The van der Waals surface area contributed by atoms with Crippen molar-refractivity contribution >= 4 is 21.8 Å². The lowest BCUT2D eigenvalue weighted by atomic mass is 10.1. The molecule has 1 fully saturated rings. The maximum Gasteiger partial charge on any atom is 0.274 e. The molecular formula is C15H14BrN3O2. The summed E-state index contributed by atoms with van der Waals surface area (Å²) >= 11 is 3.40. The molecule has 2 aromatic rings. The second kappa shape index (κ2) is 6.32. The van der Waals surface area contributed by atoms with Crippen LogP contribution in [0, 0.1) is 0 Å². The summed E-state index contributed by atoms with van der Waals surface area (Å²) in [5.41, 5.74) is 2.09. The number of morpholine rings is 1. The summed E-state index contributed by atoms with van der Waals surface area (Å²) < 4.78 is 6.25. The Kier molecular flexibility index (Phi) is 4.26. The van der Waals surface area contributed by atoms with E-state index in [0.717, 1.165) is 15.7 Å². The third kappa shape index (κ3) is 3.28. The average Bonchev–Trinajstić information content (AvgIpc) is 2.56. The van der Waals surface area contributed by atoms with Crippen molar-refractivity contribution in [3.05, 3.63) is 46.6 Å². The van der Waals surface area contributed by atoms with E-state index in [2.05, 4.69) is 26.1 Å². The monoisotopic (exact) mass is 347 g/mol. The first-order valence-corrected chi connectivity index (χ1v) is 7.50. The topological polar surface area (TPSA) is 55.3 Å². The SMILES string of the molecule is O=C(c1ccc(-c2ccc(Br)cc2)nn1)N1CCOCC1. The summed E-state index contributed by atoms with van der Waals surface area (Å²) in [6, 6.07) is 11.4. The molecule has 0 unspecified atom stereocenters. The Morgan fingerprint density at radius 3 is 2.38 bits per heavy atom. The van der Waals surface area contributed by atoms with Gasteiger partial charge in [-0.05, 0) is 24.3 Å². The molecule has 0 aliphatic carbocycles. The van der Waals surface area contributed by atoms with Gasteiger partial charge >= 0.3 is 0 Å². The van der Waals surface area contributed by atoms with Crippen LogP contribution < -0.4 is 0 Å². The van der Waals surface area contributed by atoms with Gasteiger partial charge in [0.15, 0.2) is 5.69 Å². The van der Waals surface area contributed by atoms with Gasteiger partial charge in [-0.2, -0.15) is 0 Å². The van der Waals surface area contributed by atoms with Crippen LogP contribution in [0.4, 0.5) is 0 Å². The van der Waals surface area contributed by atoms with Gasteiger partial charge in [0.25, 0.3) is 5.91 Å². The van der Waals surface area contributed by atoms with Gasteiger partial charge < -0.3 is 9.64 Å². The van der Waals surface area contributed by atoms with E-state index in [-0.39, 0.29) is 5.91 Å². The summed E-state index contributed by atoms with van der Waals surface area (Å²) in [6.07, 6.45) is 0. The molecule has 108 valence electrons. The molecule has 3 rings (SSSR count). The lowest BCUT2D eigenvalue weighted by molar-refractivity contribution is 0.0298. The number of hydrogen-bond acceptors (Lipinski definition) is 4. The fraction of sp³-hybridized carbons (Fsp3) is 0.267. The van der Waals surface area contributed by atoms with Crippen molar-refractivity contribution in [3.63, 3.8) is 0 Å². The quantitative estimate of drug-likeness (QED) is 0.836. The minimum absolute atomic E-state index is 0.0897. The van der Waals surface area contributed by atoms with Gasteiger partial charge in [0, 0.05) is 23.1 Å². The van der Waals surface area contributed by atoms with Crippen molar-refractivity contribution in [2.75, 3.05) is 26.3 Å². The van der Waals surface area contributed by atoms with Gasteiger partial charge in [0.1, 0.15) is 0 Å². The fourth-order valence-corrected chi connectivity index (χ4v) is 2.41. The fourth-order valence-electron chi connectivity index (χ4n) is 2.15. The third-order valence-corrected chi connectivity index (χ3v) is 3.85. The largest absolute Gasteiger partial charge is 0.378 e. The molecule has 2 heterocycles. The van der Waals surface area contributed by atoms with E-state index in [1.807, 2.05) is 30.3 Å². The highest BCUT2D eigenvalue weighted by molar-refractivity contribution is 9.10. The molecule has 0 radical (unpaired) electrons. The van der Waals surface area contributed by atoms with Gasteiger partial charge in [-0.15, -0.1) is 10.2 Å². The number of ether oxygens (including phenoxy) is 1. The van der Waals surface area contributed by atoms with E-state index < -0.39 is 0 Å². The second-order valence-electron chi connectivity index (χ2n) is 4.72. The number of halogens is 1. The lowest BCUT2D eigenvalue weighted by Gasteiger charge is -2.26. The molecule has 0 spiro atoms. The first-order chi connectivity index (χ1) is 10.2. The van der Waals surface area contributed by atoms with Crippen LogP contribution in [-0.4, -0.2) is 47.3 Å². The van der Waals surface area contributed by atoms with Crippen LogP contribution in [0.3, 0.4) is 0 Å². The van der Waals surface area contributed by atoms with E-state index in [1.54, 1.807) is 11.0 Å². The van der Waals surface area contributed by atoms with Gasteiger partial charge in [0.05, 0.1) is 18.9 Å². The molecule has 21 heavy (non-hydrogen) atoms. The van der Waals surface area contributed by atoms with Crippen molar-refractivity contribution in [2.24, 2.45) is 0 Å². The highest BCUT2D eigenvalue weighted by atomic mass is 79.9. The molecule has 1 aromatic heterocycles. The van der Waals surface area contributed by atoms with E-state index in [0.29, 0.717) is 32.0 Å². The smallest absolute Gasteiger partial charge is 0.274 e. The van der Waals surface area contributed by atoms with Crippen LogP contribution in [0.15, 0.2) is 40.9 Å². The second-order valence-corrected chi connectivity index (χ2v) is 5.63. The molecule has 1 aliphatic heterocycles. The van der Waals surface area contributed by atoms with Gasteiger partial charge in [-0.1, -0.05) is 28.1 Å². The Balaban J connectivity index is 1.77. The molecule has 1 saturated heterocycles. The standard InChI is InChI=1S/C15H14BrN3O2/c16-12-3-1-11(2-4-12)13-5-6-14(18-17-13)15(20)19-7-9-21-10-8-19/h1-6H,7-10H2. The lowest BCUT2D eigenvalue weighted by Crippen LogP contribution is -2.41. The number of aromatic nitrogens is 2. The minimum Gasteiger partial charge on any atom is -0.378 e. The molecule has 1 aromatic carbocycles. The maximum atomic E-state index is 12.3. The Labute approximate surface area is 131 Å². The highest BCUT2D eigenvalue weighted by Crippen LogP contribution is 2.19. The van der Waals surface area contributed by atoms with E-state index in [4.69, 9.17) is 4.74 Å². The first-order valence-electron chi connectivity index (χ1n) is 6.71. The number of benzene rings is 1. The zero-order valence-electron chi connectivity index (χ0n) is 11.3. The Morgan fingerprint density at radius 1 is 1.05 bits per heavy atom. The van der Waals surface area contributed by atoms with Crippen molar-refractivity contribution in [3.8, 4) is 11.3 Å². The Bertz CT molecular complexity index is 622. The molecule has 0 N–H and O–H groups in total. The van der Waals surface area contributed by atoms with Gasteiger partial charge in [0.2, 0.25) is 0 Å². The Morgan fingerprint density at radius 2 is 1.76 bits per heavy atom. The number of rotatable bonds is 2. The van der Waals surface area contributed by atoms with Crippen LogP contribution in [0.2, 0.25) is 0 Å². The number of carbonyl (C=O) groups excluding carboxylic acids is 1. The average molecular weight is 348 g/mol. The van der Waals surface area contributed by atoms with Crippen LogP contribution in [0.5, 0.6) is 0 Å².